The van der Waals surface area contributed by atoms with Crippen LogP contribution in [-0.2, 0) is 5.75 Å². The quantitative estimate of drug-likeness (QED) is 0.245. The Morgan fingerprint density at radius 2 is 1.67 bits per heavy atom. The average molecular weight is 524 g/mol. The van der Waals surface area contributed by atoms with Gasteiger partial charge in [0.2, 0.25) is 0 Å². The van der Waals surface area contributed by atoms with Crippen molar-refractivity contribution in [2.45, 2.75) is 23.8 Å². The van der Waals surface area contributed by atoms with Crippen molar-refractivity contribution in [2.75, 3.05) is 56.2 Å². The van der Waals surface area contributed by atoms with E-state index in [9.17, 15) is 4.79 Å². The Labute approximate surface area is 221 Å². The number of hydrogen-bond acceptors (Lipinski definition) is 7. The van der Waals surface area contributed by atoms with Gasteiger partial charge in [-0.1, -0.05) is 35.5 Å². The number of ether oxygens (including phenoxy) is 1. The predicted molar refractivity (Wildman–Crippen MR) is 146 cm³/mol. The molecule has 0 radical (unpaired) electrons. The summed E-state index contributed by atoms with van der Waals surface area (Å²) in [6.07, 6.45) is 2.18. The zero-order chi connectivity index (χ0) is 24.9. The molecule has 0 bridgehead atoms. The van der Waals surface area contributed by atoms with E-state index in [1.165, 1.54) is 17.4 Å². The minimum atomic E-state index is 0.120. The maximum Gasteiger partial charge on any atom is 0.253 e. The van der Waals surface area contributed by atoms with Gasteiger partial charge in [0.25, 0.3) is 5.91 Å². The van der Waals surface area contributed by atoms with Gasteiger partial charge < -0.3 is 19.4 Å². The molecule has 0 saturated carbocycles. The highest BCUT2D eigenvalue weighted by atomic mass is 35.5. The lowest BCUT2D eigenvalue weighted by Crippen LogP contribution is -2.46. The Morgan fingerprint density at radius 3 is 2.39 bits per heavy atom. The van der Waals surface area contributed by atoms with Crippen LogP contribution in [0.15, 0.2) is 59.8 Å². The number of aromatic nitrogens is 2. The molecule has 2 aliphatic rings. The Bertz CT molecular complexity index is 1200. The number of nitrogens with zero attached hydrogens (tertiary/aromatic N) is 5. The third kappa shape index (κ3) is 5.87. The third-order valence-corrected chi connectivity index (χ3v) is 7.75. The van der Waals surface area contributed by atoms with Crippen LogP contribution >= 0.6 is 23.4 Å². The molecule has 2 aliphatic heterocycles. The van der Waals surface area contributed by atoms with Gasteiger partial charge in [0.1, 0.15) is 16.7 Å². The number of piperazine rings is 1. The van der Waals surface area contributed by atoms with Gasteiger partial charge >= 0.3 is 0 Å². The molecule has 2 saturated heterocycles. The van der Waals surface area contributed by atoms with Gasteiger partial charge in [0.05, 0.1) is 7.11 Å². The fourth-order valence-corrected chi connectivity index (χ4v) is 5.67. The van der Waals surface area contributed by atoms with Crippen molar-refractivity contribution >= 4 is 40.8 Å². The highest BCUT2D eigenvalue weighted by Gasteiger charge is 2.21. The molecule has 36 heavy (non-hydrogen) atoms. The summed E-state index contributed by atoms with van der Waals surface area (Å²) in [4.78, 5) is 28.5. The minimum Gasteiger partial charge on any atom is -0.497 e. The van der Waals surface area contributed by atoms with E-state index in [1.807, 2.05) is 47.4 Å². The van der Waals surface area contributed by atoms with Crippen molar-refractivity contribution in [1.29, 1.82) is 0 Å². The summed E-state index contributed by atoms with van der Waals surface area (Å²) in [5, 5.41) is 1.09. The van der Waals surface area contributed by atoms with Gasteiger partial charge in [0.15, 0.2) is 5.16 Å². The number of hydrogen-bond donors (Lipinski definition) is 0. The molecule has 0 spiro atoms. The number of carbonyl (C=O) groups excluding carboxylic acids is 1. The number of benzene rings is 2. The van der Waals surface area contributed by atoms with Crippen LogP contribution in [0.25, 0.3) is 0 Å². The average Bonchev–Trinajstić information content (AvgIpc) is 3.47. The minimum absolute atomic E-state index is 0.120. The van der Waals surface area contributed by atoms with Crippen LogP contribution in [0.5, 0.6) is 5.75 Å². The lowest BCUT2D eigenvalue weighted by Gasteiger charge is -2.36. The van der Waals surface area contributed by atoms with Crippen molar-refractivity contribution in [2.24, 2.45) is 0 Å². The largest absolute Gasteiger partial charge is 0.497 e. The summed E-state index contributed by atoms with van der Waals surface area (Å²) in [6, 6.07) is 17.9. The summed E-state index contributed by atoms with van der Waals surface area (Å²) in [5.74, 6) is 2.51. The number of halogens is 1. The van der Waals surface area contributed by atoms with E-state index in [2.05, 4.69) is 26.9 Å². The van der Waals surface area contributed by atoms with Gasteiger partial charge in [-0.3, -0.25) is 4.79 Å². The number of thioether (sulfide) groups is 1. The van der Waals surface area contributed by atoms with Crippen molar-refractivity contribution in [3.63, 3.8) is 0 Å². The zero-order valence-electron chi connectivity index (χ0n) is 20.4. The van der Waals surface area contributed by atoms with Crippen LogP contribution in [-0.4, -0.2) is 67.2 Å². The van der Waals surface area contributed by atoms with Crippen molar-refractivity contribution < 1.29 is 9.53 Å². The van der Waals surface area contributed by atoms with E-state index >= 15 is 0 Å². The maximum absolute atomic E-state index is 12.7. The van der Waals surface area contributed by atoms with Crippen LogP contribution in [0, 0.1) is 0 Å². The van der Waals surface area contributed by atoms with Crippen LogP contribution in [0.1, 0.15) is 28.8 Å². The number of rotatable bonds is 7. The van der Waals surface area contributed by atoms with E-state index in [0.29, 0.717) is 16.1 Å². The lowest BCUT2D eigenvalue weighted by atomic mass is 10.1. The first-order valence-corrected chi connectivity index (χ1v) is 13.6. The topological polar surface area (TPSA) is 61.8 Å². The lowest BCUT2D eigenvalue weighted by molar-refractivity contribution is 0.0792. The van der Waals surface area contributed by atoms with Crippen molar-refractivity contribution in [1.82, 2.24) is 14.9 Å². The zero-order valence-corrected chi connectivity index (χ0v) is 22.0. The molecule has 2 aromatic carbocycles. The summed E-state index contributed by atoms with van der Waals surface area (Å²) in [5.41, 5.74) is 3.01. The first-order valence-electron chi connectivity index (χ1n) is 12.3. The molecule has 1 amide bonds. The summed E-state index contributed by atoms with van der Waals surface area (Å²) in [7, 11) is 1.68. The molecule has 0 unspecified atom stereocenters. The first kappa shape index (κ1) is 24.7. The van der Waals surface area contributed by atoms with Gasteiger partial charge in [-0.2, -0.15) is 0 Å². The molecular formula is C27H30ClN5O2S. The standard InChI is InChI=1S/C27H30ClN5O2S/c1-35-23-9-7-22(8-10-23)31-13-15-32(16-14-31)25-18-24(28)29-27(30-25)36-19-20-5-4-6-21(17-20)26(34)33-11-2-3-12-33/h4-10,17-18H,2-3,11-16,19H2,1H3. The second kappa shape index (κ2) is 11.4. The Hall–Kier alpha value is -2.97. The smallest absolute Gasteiger partial charge is 0.253 e. The molecular weight excluding hydrogens is 494 g/mol. The van der Waals surface area contributed by atoms with E-state index in [4.69, 9.17) is 21.3 Å². The summed E-state index contributed by atoms with van der Waals surface area (Å²) < 4.78 is 5.27. The molecule has 0 aliphatic carbocycles. The highest BCUT2D eigenvalue weighted by Crippen LogP contribution is 2.27. The van der Waals surface area contributed by atoms with Crippen LogP contribution in [0.2, 0.25) is 5.15 Å². The number of methoxy groups -OCH3 is 1. The van der Waals surface area contributed by atoms with E-state index in [0.717, 1.165) is 74.8 Å². The monoisotopic (exact) mass is 523 g/mol. The second-order valence-electron chi connectivity index (χ2n) is 8.99. The number of amides is 1. The molecule has 188 valence electrons. The molecule has 0 atom stereocenters. The SMILES string of the molecule is COc1ccc(N2CCN(c3cc(Cl)nc(SCc4cccc(C(=O)N5CCCC5)c4)n3)CC2)cc1. The Kier molecular flexibility index (Phi) is 7.82. The number of carbonyl (C=O) groups is 1. The fourth-order valence-electron chi connectivity index (χ4n) is 4.64. The van der Waals surface area contributed by atoms with Gasteiger partial charge in [-0.15, -0.1) is 0 Å². The molecule has 5 rings (SSSR count). The van der Waals surface area contributed by atoms with Gasteiger partial charge in [0, 0.05) is 62.3 Å². The molecule has 2 fully saturated rings. The number of likely N-dealkylation sites (tertiary alicyclic amines) is 1. The fraction of sp³-hybridized carbons (Fsp3) is 0.370. The normalized spacial score (nSPS) is 15.9. The van der Waals surface area contributed by atoms with Crippen LogP contribution in [0.3, 0.4) is 0 Å². The molecule has 1 aromatic heterocycles. The number of anilines is 2. The first-order chi connectivity index (χ1) is 17.6. The molecule has 7 nitrogen and oxygen atoms in total. The van der Waals surface area contributed by atoms with E-state index in [1.54, 1.807) is 7.11 Å². The molecule has 3 heterocycles. The maximum atomic E-state index is 12.7. The third-order valence-electron chi connectivity index (χ3n) is 6.64. The van der Waals surface area contributed by atoms with E-state index < -0.39 is 0 Å². The van der Waals surface area contributed by atoms with E-state index in [-0.39, 0.29) is 5.91 Å². The van der Waals surface area contributed by atoms with Crippen LogP contribution in [0.4, 0.5) is 11.5 Å². The highest BCUT2D eigenvalue weighted by molar-refractivity contribution is 7.98. The Balaban J connectivity index is 1.20. The molecule has 3 aromatic rings. The Morgan fingerprint density at radius 1 is 0.944 bits per heavy atom. The molecule has 0 N–H and O–H groups in total. The predicted octanol–water partition coefficient (Wildman–Crippen LogP) is 4.99. The summed E-state index contributed by atoms with van der Waals surface area (Å²) in [6.45, 7) is 5.20. The van der Waals surface area contributed by atoms with Crippen molar-refractivity contribution in [3.05, 3.63) is 70.9 Å². The van der Waals surface area contributed by atoms with Gasteiger partial charge in [-0.25, -0.2) is 9.97 Å². The van der Waals surface area contributed by atoms with Crippen LogP contribution < -0.4 is 14.5 Å². The van der Waals surface area contributed by atoms with Crippen molar-refractivity contribution in [3.8, 4) is 5.75 Å². The molecule has 9 heteroatoms. The second-order valence-corrected chi connectivity index (χ2v) is 10.3. The summed E-state index contributed by atoms with van der Waals surface area (Å²) >= 11 is 7.92. The van der Waals surface area contributed by atoms with Gasteiger partial charge in [-0.05, 0) is 54.8 Å².